The number of hydrogen-bond donors (Lipinski definition) is 3. The van der Waals surface area contributed by atoms with Crippen molar-refractivity contribution in [2.24, 2.45) is 11.3 Å². The van der Waals surface area contributed by atoms with E-state index in [1.165, 1.54) is 0 Å². The molecular formula is C30H44N4O3. The average molecular weight is 509 g/mol. The first kappa shape index (κ1) is 28.6. The van der Waals surface area contributed by atoms with Gasteiger partial charge < -0.3 is 20.9 Å². The molecule has 0 spiro atoms. The van der Waals surface area contributed by atoms with Gasteiger partial charge in [-0.3, -0.25) is 14.4 Å². The number of nitrogens with one attached hydrogen (secondary N) is 3. The van der Waals surface area contributed by atoms with Crippen LogP contribution < -0.4 is 16.0 Å². The third kappa shape index (κ3) is 8.29. The van der Waals surface area contributed by atoms with Crippen LogP contribution in [0.2, 0.25) is 0 Å². The molecule has 2 aromatic carbocycles. The van der Waals surface area contributed by atoms with Gasteiger partial charge in [0.1, 0.15) is 12.1 Å². The molecule has 1 aliphatic rings. The van der Waals surface area contributed by atoms with Gasteiger partial charge in [-0.15, -0.1) is 0 Å². The summed E-state index contributed by atoms with van der Waals surface area (Å²) in [6.45, 7) is 12.8. The highest BCUT2D eigenvalue weighted by Gasteiger charge is 2.39. The van der Waals surface area contributed by atoms with Crippen molar-refractivity contribution in [3.05, 3.63) is 48.0 Å². The molecule has 0 radical (unpaired) electrons. The fraction of sp³-hybridized carbons (Fsp3) is 0.567. The Kier molecular flexibility index (Phi) is 10.1. The summed E-state index contributed by atoms with van der Waals surface area (Å²) in [6, 6.07) is 13.0. The minimum atomic E-state index is -0.718. The van der Waals surface area contributed by atoms with Gasteiger partial charge in [0.05, 0.1) is 0 Å². The van der Waals surface area contributed by atoms with Gasteiger partial charge in [0, 0.05) is 24.9 Å². The van der Waals surface area contributed by atoms with E-state index in [0.29, 0.717) is 31.8 Å². The van der Waals surface area contributed by atoms with Crippen LogP contribution in [0.25, 0.3) is 10.8 Å². The Balaban J connectivity index is 1.70. The van der Waals surface area contributed by atoms with E-state index in [1.807, 2.05) is 51.1 Å². The molecule has 0 saturated carbocycles. The molecule has 202 valence electrons. The smallest absolute Gasteiger partial charge is 0.243 e. The number of carbonyl (C=O) groups is 3. The van der Waals surface area contributed by atoms with Crippen molar-refractivity contribution >= 4 is 28.5 Å². The molecule has 2 atom stereocenters. The largest absolute Gasteiger partial charge is 0.354 e. The number of nitrogens with zero attached hydrogens (tertiary/aromatic N) is 1. The molecule has 3 N–H and O–H groups in total. The van der Waals surface area contributed by atoms with Crippen LogP contribution >= 0.6 is 0 Å². The molecule has 1 unspecified atom stereocenters. The van der Waals surface area contributed by atoms with Crippen LogP contribution in [-0.2, 0) is 20.8 Å². The Morgan fingerprint density at radius 1 is 1.03 bits per heavy atom. The summed E-state index contributed by atoms with van der Waals surface area (Å²) in [7, 11) is 0. The van der Waals surface area contributed by atoms with E-state index in [9.17, 15) is 14.4 Å². The number of amides is 3. The Morgan fingerprint density at radius 3 is 2.46 bits per heavy atom. The van der Waals surface area contributed by atoms with Crippen molar-refractivity contribution in [1.29, 1.82) is 0 Å². The molecule has 1 heterocycles. The Labute approximate surface area is 221 Å². The van der Waals surface area contributed by atoms with Gasteiger partial charge in [0.25, 0.3) is 0 Å². The minimum absolute atomic E-state index is 0.0328. The van der Waals surface area contributed by atoms with Crippen LogP contribution in [0.1, 0.15) is 59.4 Å². The number of benzene rings is 2. The Hall–Kier alpha value is -2.93. The van der Waals surface area contributed by atoms with Crippen LogP contribution in [-0.4, -0.2) is 60.9 Å². The second-order valence-electron chi connectivity index (χ2n) is 11.6. The Morgan fingerprint density at radius 2 is 1.76 bits per heavy atom. The molecule has 2 aromatic rings. The molecule has 3 rings (SSSR count). The number of rotatable bonds is 11. The summed E-state index contributed by atoms with van der Waals surface area (Å²) in [4.78, 5) is 41.3. The van der Waals surface area contributed by atoms with Gasteiger partial charge in [-0.05, 0) is 54.6 Å². The SMILES string of the molecule is CC(C)CNCCCNC(=O)[C@@H](Cc1ccc2ccccc2c1)NC(=O)C1CCCN1C(=O)C(C)(C)C. The van der Waals surface area contributed by atoms with Gasteiger partial charge in [0.2, 0.25) is 17.7 Å². The molecule has 0 aliphatic carbocycles. The lowest BCUT2D eigenvalue weighted by Gasteiger charge is -2.31. The molecule has 7 heteroatoms. The van der Waals surface area contributed by atoms with Crippen LogP contribution in [0, 0.1) is 11.3 Å². The summed E-state index contributed by atoms with van der Waals surface area (Å²) in [6.07, 6.45) is 2.59. The van der Waals surface area contributed by atoms with E-state index in [-0.39, 0.29) is 17.7 Å². The first-order chi connectivity index (χ1) is 17.6. The predicted molar refractivity (Wildman–Crippen MR) is 149 cm³/mol. The predicted octanol–water partition coefficient (Wildman–Crippen LogP) is 3.66. The second kappa shape index (κ2) is 13.0. The highest BCUT2D eigenvalue weighted by molar-refractivity contribution is 5.93. The first-order valence-corrected chi connectivity index (χ1v) is 13.6. The number of hydrogen-bond acceptors (Lipinski definition) is 4. The molecule has 7 nitrogen and oxygen atoms in total. The quantitative estimate of drug-likeness (QED) is 0.404. The first-order valence-electron chi connectivity index (χ1n) is 13.6. The van der Waals surface area contributed by atoms with Crippen molar-refractivity contribution in [2.45, 2.75) is 72.4 Å². The van der Waals surface area contributed by atoms with E-state index in [2.05, 4.69) is 41.9 Å². The zero-order valence-electron chi connectivity index (χ0n) is 23.1. The lowest BCUT2D eigenvalue weighted by molar-refractivity contribution is -0.145. The number of carbonyl (C=O) groups excluding carboxylic acids is 3. The standard InChI is InChI=1S/C30H44N4O3/c1-21(2)20-31-15-9-16-32-27(35)25(19-22-13-14-23-10-6-7-11-24(23)18-22)33-28(36)26-12-8-17-34(26)29(37)30(3,4)5/h6-7,10-11,13-14,18,21,25-26,31H,8-9,12,15-17,19-20H2,1-5H3,(H,32,35)(H,33,36)/t25-,26?/m1/s1. The van der Waals surface area contributed by atoms with E-state index in [1.54, 1.807) is 4.90 Å². The van der Waals surface area contributed by atoms with Gasteiger partial charge in [-0.2, -0.15) is 0 Å². The fourth-order valence-corrected chi connectivity index (χ4v) is 4.73. The highest BCUT2D eigenvalue weighted by atomic mass is 16.2. The van der Waals surface area contributed by atoms with E-state index >= 15 is 0 Å². The number of fused-ring (bicyclic) bond motifs is 1. The third-order valence-corrected chi connectivity index (χ3v) is 6.73. The highest BCUT2D eigenvalue weighted by Crippen LogP contribution is 2.26. The molecule has 1 fully saturated rings. The normalized spacial score (nSPS) is 16.7. The zero-order valence-corrected chi connectivity index (χ0v) is 23.1. The van der Waals surface area contributed by atoms with Crippen LogP contribution in [0.5, 0.6) is 0 Å². The topological polar surface area (TPSA) is 90.5 Å². The summed E-state index contributed by atoms with van der Waals surface area (Å²) >= 11 is 0. The van der Waals surface area contributed by atoms with Crippen molar-refractivity contribution in [3.63, 3.8) is 0 Å². The van der Waals surface area contributed by atoms with Crippen LogP contribution in [0.4, 0.5) is 0 Å². The van der Waals surface area contributed by atoms with Crippen molar-refractivity contribution in [1.82, 2.24) is 20.9 Å². The summed E-state index contributed by atoms with van der Waals surface area (Å²) in [5.74, 6) is 0.0951. The van der Waals surface area contributed by atoms with E-state index in [4.69, 9.17) is 0 Å². The Bertz CT molecular complexity index is 1080. The molecular weight excluding hydrogens is 464 g/mol. The average Bonchev–Trinajstić information content (AvgIpc) is 3.34. The molecule has 37 heavy (non-hydrogen) atoms. The van der Waals surface area contributed by atoms with Gasteiger partial charge >= 0.3 is 0 Å². The summed E-state index contributed by atoms with van der Waals surface area (Å²) in [5.41, 5.74) is 0.417. The molecule has 3 amide bonds. The van der Waals surface area contributed by atoms with Crippen LogP contribution in [0.15, 0.2) is 42.5 Å². The lowest BCUT2D eigenvalue weighted by atomic mass is 9.94. The maximum Gasteiger partial charge on any atom is 0.243 e. The molecule has 0 aromatic heterocycles. The van der Waals surface area contributed by atoms with Gasteiger partial charge in [0.15, 0.2) is 0 Å². The third-order valence-electron chi connectivity index (χ3n) is 6.73. The fourth-order valence-electron chi connectivity index (χ4n) is 4.73. The minimum Gasteiger partial charge on any atom is -0.354 e. The van der Waals surface area contributed by atoms with E-state index in [0.717, 1.165) is 42.3 Å². The van der Waals surface area contributed by atoms with Gasteiger partial charge in [-0.1, -0.05) is 77.1 Å². The maximum absolute atomic E-state index is 13.4. The second-order valence-corrected chi connectivity index (χ2v) is 11.6. The number of likely N-dealkylation sites (tertiary alicyclic amines) is 1. The zero-order chi connectivity index (χ0) is 27.0. The van der Waals surface area contributed by atoms with E-state index < -0.39 is 17.5 Å². The summed E-state index contributed by atoms with van der Waals surface area (Å²) in [5, 5.41) is 11.6. The molecule has 1 saturated heterocycles. The van der Waals surface area contributed by atoms with Crippen molar-refractivity contribution in [2.75, 3.05) is 26.2 Å². The summed E-state index contributed by atoms with van der Waals surface area (Å²) < 4.78 is 0. The molecule has 1 aliphatic heterocycles. The van der Waals surface area contributed by atoms with Crippen molar-refractivity contribution in [3.8, 4) is 0 Å². The van der Waals surface area contributed by atoms with Crippen molar-refractivity contribution < 1.29 is 14.4 Å². The molecule has 0 bridgehead atoms. The lowest BCUT2D eigenvalue weighted by Crippen LogP contribution is -2.55. The maximum atomic E-state index is 13.4. The monoisotopic (exact) mass is 508 g/mol. The van der Waals surface area contributed by atoms with Gasteiger partial charge in [-0.25, -0.2) is 0 Å². The van der Waals surface area contributed by atoms with Crippen LogP contribution in [0.3, 0.4) is 0 Å².